The third-order valence-electron chi connectivity index (χ3n) is 5.39. The van der Waals surface area contributed by atoms with E-state index in [0.717, 1.165) is 37.6 Å². The summed E-state index contributed by atoms with van der Waals surface area (Å²) in [7, 11) is 0. The van der Waals surface area contributed by atoms with Gasteiger partial charge in [-0.05, 0) is 51.2 Å². The summed E-state index contributed by atoms with van der Waals surface area (Å²) in [6.07, 6.45) is 7.20. The van der Waals surface area contributed by atoms with Crippen molar-refractivity contribution in [2.45, 2.75) is 52.4 Å². The van der Waals surface area contributed by atoms with Crippen molar-refractivity contribution in [3.63, 3.8) is 0 Å². The van der Waals surface area contributed by atoms with Gasteiger partial charge in [0.1, 0.15) is 5.69 Å². The molecule has 2 aliphatic heterocycles. The molecule has 7 nitrogen and oxygen atoms in total. The van der Waals surface area contributed by atoms with Gasteiger partial charge in [-0.25, -0.2) is 0 Å². The van der Waals surface area contributed by atoms with Crippen LogP contribution in [0.2, 0.25) is 0 Å². The van der Waals surface area contributed by atoms with E-state index in [9.17, 15) is 0 Å². The maximum Gasteiger partial charge on any atom is 0.320 e. The quantitative estimate of drug-likeness (QED) is 0.654. The molecule has 0 aromatic carbocycles. The zero-order chi connectivity index (χ0) is 18.4. The Morgan fingerprint density at radius 1 is 1.15 bits per heavy atom. The Morgan fingerprint density at radius 3 is 2.65 bits per heavy atom. The second kappa shape index (κ2) is 9.26. The van der Waals surface area contributed by atoms with Crippen molar-refractivity contribution in [1.82, 2.24) is 14.9 Å². The number of aromatic nitrogens is 2. The lowest BCUT2D eigenvalue weighted by atomic mass is 9.96. The normalized spacial score (nSPS) is 18.0. The number of fused-ring (bicyclic) bond motifs is 1. The van der Waals surface area contributed by atoms with Gasteiger partial charge in [-0.2, -0.15) is 9.97 Å². The minimum Gasteiger partial charge on any atom is -0.463 e. The highest BCUT2D eigenvalue weighted by atomic mass is 16.5. The van der Waals surface area contributed by atoms with Crippen LogP contribution in [-0.4, -0.2) is 54.3 Å². The zero-order valence-corrected chi connectivity index (χ0v) is 16.3. The lowest BCUT2D eigenvalue weighted by Crippen LogP contribution is -2.39. The number of nitrogens with one attached hydrogen (secondary N) is 1. The van der Waals surface area contributed by atoms with Crippen LogP contribution < -0.4 is 20.7 Å². The molecule has 3 N–H and O–H groups in total. The molecule has 1 saturated heterocycles. The molecule has 0 spiro atoms. The Hall–Kier alpha value is -1.76. The standard InChI is InChI=1S/C19H34N6O/c1-3-5-9-24-10-7-15(8-11-24)13-25-14-21-16-17(20)22-19(23-18(16)25)26-12-6-4-2/h15,21H,3-14H2,1-2H3,(H2,20,22,23). The molecule has 26 heavy (non-hydrogen) atoms. The highest BCUT2D eigenvalue weighted by Gasteiger charge is 2.28. The summed E-state index contributed by atoms with van der Waals surface area (Å²) < 4.78 is 5.68. The van der Waals surface area contributed by atoms with Crippen LogP contribution in [0.5, 0.6) is 6.01 Å². The number of nitrogen functional groups attached to an aromatic ring is 1. The molecule has 0 atom stereocenters. The SMILES string of the molecule is CCCCOc1nc(N)c2c(n1)N(CC1CCN(CCCC)CC1)CN2. The van der Waals surface area contributed by atoms with Gasteiger partial charge in [0.15, 0.2) is 11.6 Å². The number of hydrogen-bond acceptors (Lipinski definition) is 7. The van der Waals surface area contributed by atoms with Gasteiger partial charge in [0, 0.05) is 6.54 Å². The Morgan fingerprint density at radius 2 is 1.92 bits per heavy atom. The van der Waals surface area contributed by atoms with Crippen molar-refractivity contribution in [3.8, 4) is 6.01 Å². The van der Waals surface area contributed by atoms with E-state index in [0.29, 0.717) is 24.4 Å². The van der Waals surface area contributed by atoms with E-state index in [1.54, 1.807) is 0 Å². The lowest BCUT2D eigenvalue weighted by Gasteiger charge is -2.34. The molecule has 3 heterocycles. The Bertz CT molecular complexity index is 573. The number of ether oxygens (including phenoxy) is 1. The van der Waals surface area contributed by atoms with Crippen molar-refractivity contribution < 1.29 is 4.74 Å². The van der Waals surface area contributed by atoms with Crippen LogP contribution in [0.15, 0.2) is 0 Å². The topological polar surface area (TPSA) is 79.5 Å². The molecule has 7 heteroatoms. The molecule has 1 fully saturated rings. The summed E-state index contributed by atoms with van der Waals surface area (Å²) in [5.41, 5.74) is 6.96. The monoisotopic (exact) mass is 362 g/mol. The molecule has 3 rings (SSSR count). The lowest BCUT2D eigenvalue weighted by molar-refractivity contribution is 0.184. The summed E-state index contributed by atoms with van der Waals surface area (Å²) in [4.78, 5) is 13.8. The number of likely N-dealkylation sites (tertiary alicyclic amines) is 1. The van der Waals surface area contributed by atoms with Crippen LogP contribution in [-0.2, 0) is 0 Å². The summed E-state index contributed by atoms with van der Waals surface area (Å²) in [5.74, 6) is 2.09. The molecular weight excluding hydrogens is 328 g/mol. The Balaban J connectivity index is 1.57. The van der Waals surface area contributed by atoms with Crippen LogP contribution in [0.4, 0.5) is 17.3 Å². The molecule has 146 valence electrons. The number of nitrogens with zero attached hydrogens (tertiary/aromatic N) is 4. The first kappa shape index (κ1) is 19.0. The third-order valence-corrected chi connectivity index (χ3v) is 5.39. The van der Waals surface area contributed by atoms with Crippen molar-refractivity contribution in [2.24, 2.45) is 5.92 Å². The molecule has 0 saturated carbocycles. The number of nitrogens with two attached hydrogens (primary N) is 1. The number of hydrogen-bond donors (Lipinski definition) is 2. The minimum atomic E-state index is 0.401. The molecule has 0 bridgehead atoms. The van der Waals surface area contributed by atoms with E-state index < -0.39 is 0 Å². The van der Waals surface area contributed by atoms with Crippen LogP contribution in [0.25, 0.3) is 0 Å². The number of anilines is 3. The maximum absolute atomic E-state index is 6.11. The second-order valence-electron chi connectivity index (χ2n) is 7.49. The van der Waals surface area contributed by atoms with Crippen molar-refractivity contribution in [2.75, 3.05) is 55.4 Å². The molecule has 0 unspecified atom stereocenters. The molecule has 0 radical (unpaired) electrons. The van der Waals surface area contributed by atoms with Gasteiger partial charge in [-0.3, -0.25) is 0 Å². The number of piperidine rings is 1. The van der Waals surface area contributed by atoms with Crippen LogP contribution in [0.3, 0.4) is 0 Å². The van der Waals surface area contributed by atoms with Gasteiger partial charge < -0.3 is 25.6 Å². The molecule has 0 aliphatic carbocycles. The number of unbranched alkanes of at least 4 members (excludes halogenated alkanes) is 2. The zero-order valence-electron chi connectivity index (χ0n) is 16.3. The van der Waals surface area contributed by atoms with Gasteiger partial charge in [0.2, 0.25) is 0 Å². The van der Waals surface area contributed by atoms with E-state index in [1.165, 1.54) is 45.3 Å². The van der Waals surface area contributed by atoms with Gasteiger partial charge in [-0.15, -0.1) is 0 Å². The average molecular weight is 363 g/mol. The van der Waals surface area contributed by atoms with Gasteiger partial charge in [0.05, 0.1) is 13.3 Å². The van der Waals surface area contributed by atoms with E-state index in [-0.39, 0.29) is 0 Å². The molecular formula is C19H34N6O. The van der Waals surface area contributed by atoms with E-state index in [4.69, 9.17) is 10.5 Å². The first-order valence-electron chi connectivity index (χ1n) is 10.2. The van der Waals surface area contributed by atoms with Gasteiger partial charge in [-0.1, -0.05) is 26.7 Å². The van der Waals surface area contributed by atoms with Crippen molar-refractivity contribution in [3.05, 3.63) is 0 Å². The summed E-state index contributed by atoms with van der Waals surface area (Å²) in [6, 6.07) is 0.401. The summed E-state index contributed by atoms with van der Waals surface area (Å²) in [6.45, 7) is 10.5. The van der Waals surface area contributed by atoms with Gasteiger partial charge in [0.25, 0.3) is 0 Å². The Kier molecular flexibility index (Phi) is 6.77. The highest BCUT2D eigenvalue weighted by molar-refractivity contribution is 5.80. The molecule has 0 amide bonds. The van der Waals surface area contributed by atoms with Crippen LogP contribution in [0.1, 0.15) is 52.4 Å². The smallest absolute Gasteiger partial charge is 0.320 e. The first-order chi connectivity index (χ1) is 12.7. The fraction of sp³-hybridized carbons (Fsp3) is 0.789. The average Bonchev–Trinajstić information content (AvgIpc) is 3.05. The number of rotatable bonds is 9. The van der Waals surface area contributed by atoms with Crippen LogP contribution >= 0.6 is 0 Å². The van der Waals surface area contributed by atoms with E-state index in [2.05, 4.69) is 38.9 Å². The second-order valence-corrected chi connectivity index (χ2v) is 7.49. The van der Waals surface area contributed by atoms with Crippen LogP contribution in [0, 0.1) is 5.92 Å². The van der Waals surface area contributed by atoms with Gasteiger partial charge >= 0.3 is 6.01 Å². The van der Waals surface area contributed by atoms with E-state index >= 15 is 0 Å². The molecule has 2 aliphatic rings. The third kappa shape index (κ3) is 4.69. The largest absolute Gasteiger partial charge is 0.463 e. The maximum atomic E-state index is 6.11. The fourth-order valence-electron chi connectivity index (χ4n) is 3.70. The molecule has 1 aromatic rings. The minimum absolute atomic E-state index is 0.401. The Labute approximate surface area is 157 Å². The summed E-state index contributed by atoms with van der Waals surface area (Å²) >= 11 is 0. The van der Waals surface area contributed by atoms with Crippen molar-refractivity contribution >= 4 is 17.3 Å². The predicted molar refractivity (Wildman–Crippen MR) is 107 cm³/mol. The fourth-order valence-corrected chi connectivity index (χ4v) is 3.70. The summed E-state index contributed by atoms with van der Waals surface area (Å²) in [5, 5.41) is 3.35. The highest BCUT2D eigenvalue weighted by Crippen LogP contribution is 2.36. The first-order valence-corrected chi connectivity index (χ1v) is 10.2. The predicted octanol–water partition coefficient (Wildman–Crippen LogP) is 2.94. The van der Waals surface area contributed by atoms with Crippen molar-refractivity contribution in [1.29, 1.82) is 0 Å². The van der Waals surface area contributed by atoms with E-state index in [1.807, 2.05) is 0 Å². The molecule has 1 aromatic heterocycles.